The maximum absolute atomic E-state index is 11.4. The number of nitrogens with two attached hydrogens (primary N) is 1. The Morgan fingerprint density at radius 2 is 1.89 bits per heavy atom. The third kappa shape index (κ3) is 3.65. The molecule has 2 rings (SSSR count). The van der Waals surface area contributed by atoms with Crippen molar-refractivity contribution in [1.82, 2.24) is 5.43 Å². The Morgan fingerprint density at radius 3 is 2.50 bits per heavy atom. The van der Waals surface area contributed by atoms with Crippen molar-refractivity contribution < 1.29 is 19.0 Å². The van der Waals surface area contributed by atoms with Crippen LogP contribution in [0.4, 0.5) is 0 Å². The first kappa shape index (κ1) is 13.7. The summed E-state index contributed by atoms with van der Waals surface area (Å²) < 4.78 is 16.6. The Bertz CT molecular complexity index is 273. The predicted octanol–water partition coefficient (Wildman–Crippen LogP) is 0.316. The number of rotatable bonds is 5. The molecule has 3 N–H and O–H groups in total. The fraction of sp³-hybridized carbons (Fsp3) is 0.917. The lowest BCUT2D eigenvalue weighted by Gasteiger charge is -2.29. The molecule has 2 fully saturated rings. The highest BCUT2D eigenvalue weighted by molar-refractivity contribution is 5.76. The lowest BCUT2D eigenvalue weighted by atomic mass is 9.91. The van der Waals surface area contributed by atoms with Gasteiger partial charge in [-0.05, 0) is 25.2 Å². The molecule has 6 nitrogen and oxygen atoms in total. The first-order valence-corrected chi connectivity index (χ1v) is 6.59. The van der Waals surface area contributed by atoms with Gasteiger partial charge in [-0.25, -0.2) is 5.84 Å². The first-order chi connectivity index (χ1) is 8.74. The summed E-state index contributed by atoms with van der Waals surface area (Å²) in [5.74, 6) is 4.76. The highest BCUT2D eigenvalue weighted by Crippen LogP contribution is 2.32. The maximum atomic E-state index is 11.4. The number of carbonyl (C=O) groups is 1. The monoisotopic (exact) mass is 258 g/mol. The van der Waals surface area contributed by atoms with Crippen molar-refractivity contribution in [3.05, 3.63) is 0 Å². The van der Waals surface area contributed by atoms with Gasteiger partial charge in [0.1, 0.15) is 0 Å². The molecular weight excluding hydrogens is 236 g/mol. The van der Waals surface area contributed by atoms with Gasteiger partial charge in [-0.1, -0.05) is 0 Å². The van der Waals surface area contributed by atoms with Gasteiger partial charge in [0.15, 0.2) is 5.79 Å². The Kier molecular flexibility index (Phi) is 4.94. The smallest absolute Gasteiger partial charge is 0.239 e. The van der Waals surface area contributed by atoms with Crippen LogP contribution in [0.25, 0.3) is 0 Å². The van der Waals surface area contributed by atoms with Crippen LogP contribution in [0.15, 0.2) is 0 Å². The number of carbonyl (C=O) groups excluding carboxylic acids is 1. The van der Waals surface area contributed by atoms with Crippen molar-refractivity contribution in [3.8, 4) is 0 Å². The summed E-state index contributed by atoms with van der Waals surface area (Å²) in [7, 11) is 0. The number of amides is 1. The third-order valence-electron chi connectivity index (χ3n) is 3.68. The molecule has 2 heterocycles. The molecule has 6 heteroatoms. The lowest BCUT2D eigenvalue weighted by Crippen LogP contribution is -2.40. The number of hydrazine groups is 1. The molecule has 0 aromatic heterocycles. The molecule has 104 valence electrons. The second-order valence-electron chi connectivity index (χ2n) is 4.95. The van der Waals surface area contributed by atoms with Crippen LogP contribution in [-0.2, 0) is 19.0 Å². The van der Waals surface area contributed by atoms with E-state index in [4.69, 9.17) is 20.1 Å². The van der Waals surface area contributed by atoms with Crippen LogP contribution in [0.3, 0.4) is 0 Å². The van der Waals surface area contributed by atoms with Crippen molar-refractivity contribution in [1.29, 1.82) is 0 Å². The molecule has 0 bridgehead atoms. The van der Waals surface area contributed by atoms with Crippen LogP contribution in [-0.4, -0.2) is 38.1 Å². The van der Waals surface area contributed by atoms with E-state index >= 15 is 0 Å². The summed E-state index contributed by atoms with van der Waals surface area (Å²) in [6.45, 7) is 2.77. The molecule has 2 saturated heterocycles. The second-order valence-corrected chi connectivity index (χ2v) is 4.95. The quantitative estimate of drug-likeness (QED) is 0.421. The topological polar surface area (TPSA) is 82.8 Å². The van der Waals surface area contributed by atoms with E-state index in [0.29, 0.717) is 19.1 Å². The molecule has 0 radical (unpaired) electrons. The van der Waals surface area contributed by atoms with Crippen LogP contribution in [0.2, 0.25) is 0 Å². The van der Waals surface area contributed by atoms with Gasteiger partial charge in [-0.15, -0.1) is 0 Å². The first-order valence-electron chi connectivity index (χ1n) is 6.59. The zero-order chi connectivity index (χ0) is 12.8. The average Bonchev–Trinajstić information content (AvgIpc) is 2.86. The van der Waals surface area contributed by atoms with Crippen molar-refractivity contribution in [2.24, 2.45) is 11.8 Å². The van der Waals surface area contributed by atoms with Crippen molar-refractivity contribution in [3.63, 3.8) is 0 Å². The van der Waals surface area contributed by atoms with E-state index in [1.165, 1.54) is 0 Å². The van der Waals surface area contributed by atoms with Gasteiger partial charge < -0.3 is 14.2 Å². The summed E-state index contributed by atoms with van der Waals surface area (Å²) in [4.78, 5) is 11.4. The number of hydrogen-bond acceptors (Lipinski definition) is 5. The largest absolute Gasteiger partial charge is 0.381 e. The van der Waals surface area contributed by atoms with E-state index in [1.807, 2.05) is 0 Å². The van der Waals surface area contributed by atoms with Crippen LogP contribution in [0.1, 0.15) is 32.1 Å². The maximum Gasteiger partial charge on any atom is 0.239 e. The fourth-order valence-corrected chi connectivity index (χ4v) is 2.59. The molecule has 0 aromatic carbocycles. The van der Waals surface area contributed by atoms with Crippen LogP contribution in [0, 0.1) is 5.92 Å². The Balaban J connectivity index is 1.83. The zero-order valence-electron chi connectivity index (χ0n) is 10.7. The molecule has 0 saturated carbocycles. The summed E-state index contributed by atoms with van der Waals surface area (Å²) in [5.41, 5.74) is 2.14. The molecule has 1 amide bonds. The normalized spacial score (nSPS) is 24.1. The van der Waals surface area contributed by atoms with E-state index < -0.39 is 5.79 Å². The minimum atomic E-state index is -0.762. The number of hydrogen-bond donors (Lipinski definition) is 2. The summed E-state index contributed by atoms with van der Waals surface area (Å²) >= 11 is 0. The molecular formula is C12H22N2O4. The molecule has 0 aliphatic carbocycles. The third-order valence-corrected chi connectivity index (χ3v) is 3.68. The van der Waals surface area contributed by atoms with Crippen molar-refractivity contribution >= 4 is 5.91 Å². The predicted molar refractivity (Wildman–Crippen MR) is 64.4 cm³/mol. The van der Waals surface area contributed by atoms with Gasteiger partial charge in [0.2, 0.25) is 5.91 Å². The minimum absolute atomic E-state index is 0.173. The van der Waals surface area contributed by atoms with Gasteiger partial charge in [-0.2, -0.15) is 0 Å². The molecule has 0 atom stereocenters. The fourth-order valence-electron chi connectivity index (χ4n) is 2.59. The summed E-state index contributed by atoms with van der Waals surface area (Å²) in [6, 6.07) is 0. The molecule has 0 unspecified atom stereocenters. The molecule has 2 aliphatic rings. The Morgan fingerprint density at radius 1 is 1.22 bits per heavy atom. The highest BCUT2D eigenvalue weighted by atomic mass is 16.7. The minimum Gasteiger partial charge on any atom is -0.381 e. The molecule has 0 spiro atoms. The van der Waals surface area contributed by atoms with Gasteiger partial charge >= 0.3 is 0 Å². The van der Waals surface area contributed by atoms with E-state index in [0.717, 1.165) is 38.9 Å². The summed E-state index contributed by atoms with van der Waals surface area (Å²) in [5, 5.41) is 0. The van der Waals surface area contributed by atoms with E-state index in [2.05, 4.69) is 5.43 Å². The lowest BCUT2D eigenvalue weighted by molar-refractivity contribution is -0.176. The van der Waals surface area contributed by atoms with Crippen LogP contribution >= 0.6 is 0 Å². The van der Waals surface area contributed by atoms with Crippen LogP contribution in [0.5, 0.6) is 0 Å². The van der Waals surface area contributed by atoms with E-state index in [-0.39, 0.29) is 12.3 Å². The summed E-state index contributed by atoms with van der Waals surface area (Å²) in [6.07, 6.45) is 4.08. The van der Waals surface area contributed by atoms with Crippen LogP contribution < -0.4 is 11.3 Å². The van der Waals surface area contributed by atoms with Crippen molar-refractivity contribution in [2.45, 2.75) is 37.9 Å². The molecule has 2 aliphatic heterocycles. The van der Waals surface area contributed by atoms with Gasteiger partial charge in [0, 0.05) is 19.6 Å². The van der Waals surface area contributed by atoms with Gasteiger partial charge in [0.05, 0.1) is 19.6 Å². The van der Waals surface area contributed by atoms with Gasteiger partial charge in [-0.3, -0.25) is 10.2 Å². The Hall–Kier alpha value is -0.690. The van der Waals surface area contributed by atoms with Crippen molar-refractivity contribution in [2.75, 3.05) is 26.4 Å². The SMILES string of the molecule is NNC(=O)CC1(CCC2CCOCC2)OCCO1. The highest BCUT2D eigenvalue weighted by Gasteiger charge is 2.39. The molecule has 18 heavy (non-hydrogen) atoms. The van der Waals surface area contributed by atoms with E-state index in [1.54, 1.807) is 0 Å². The number of nitrogens with one attached hydrogen (secondary N) is 1. The Labute approximate surface area is 107 Å². The van der Waals surface area contributed by atoms with E-state index in [9.17, 15) is 4.79 Å². The zero-order valence-corrected chi connectivity index (χ0v) is 10.7. The van der Waals surface area contributed by atoms with Gasteiger partial charge in [0.25, 0.3) is 0 Å². The average molecular weight is 258 g/mol. The molecule has 0 aromatic rings. The second kappa shape index (κ2) is 6.47. The standard InChI is InChI=1S/C12H22N2O4/c13-14-11(15)9-12(17-7-8-18-12)4-1-10-2-5-16-6-3-10/h10H,1-9,13H2,(H,14,15). The number of ether oxygens (including phenoxy) is 3.